The van der Waals surface area contributed by atoms with Gasteiger partial charge in [0.25, 0.3) is 0 Å². The molecule has 9 heteroatoms. The smallest absolute Gasteiger partial charge is 0.229 e. The molecule has 4 rings (SSSR count). The minimum Gasteiger partial charge on any atom is -0.381 e. The molecular formula is C20H27N7O2. The van der Waals surface area contributed by atoms with Gasteiger partial charge in [-0.2, -0.15) is 4.98 Å². The van der Waals surface area contributed by atoms with Gasteiger partial charge in [0.1, 0.15) is 11.6 Å². The molecule has 1 saturated heterocycles. The number of ether oxygens (including phenoxy) is 1. The molecule has 0 bridgehead atoms. The quantitative estimate of drug-likeness (QED) is 0.508. The van der Waals surface area contributed by atoms with Crippen LogP contribution in [0.25, 0.3) is 0 Å². The van der Waals surface area contributed by atoms with Gasteiger partial charge in [-0.25, -0.2) is 9.97 Å². The molecule has 2 aromatic rings. The second-order valence-electron chi connectivity index (χ2n) is 7.50. The lowest BCUT2D eigenvalue weighted by Crippen LogP contribution is -2.28. The Balaban J connectivity index is 1.39. The Morgan fingerprint density at radius 3 is 2.66 bits per heavy atom. The van der Waals surface area contributed by atoms with Gasteiger partial charge in [-0.1, -0.05) is 0 Å². The summed E-state index contributed by atoms with van der Waals surface area (Å²) in [7, 11) is 0. The van der Waals surface area contributed by atoms with Crippen LogP contribution in [0.3, 0.4) is 0 Å². The van der Waals surface area contributed by atoms with E-state index in [0.717, 1.165) is 61.8 Å². The van der Waals surface area contributed by atoms with E-state index in [1.165, 1.54) is 0 Å². The fourth-order valence-corrected chi connectivity index (χ4v) is 3.32. The summed E-state index contributed by atoms with van der Waals surface area (Å²) in [6.45, 7) is 2.04. The summed E-state index contributed by atoms with van der Waals surface area (Å²) in [5, 5.41) is 9.86. The van der Waals surface area contributed by atoms with Gasteiger partial charge in [0.15, 0.2) is 0 Å². The van der Waals surface area contributed by atoms with Gasteiger partial charge in [0.2, 0.25) is 11.9 Å². The summed E-state index contributed by atoms with van der Waals surface area (Å²) >= 11 is 0. The van der Waals surface area contributed by atoms with Crippen LogP contribution in [0.4, 0.5) is 23.3 Å². The molecule has 1 amide bonds. The molecule has 0 spiro atoms. The standard InChI is InChI=1S/C20H27N7O2/c21-17(28)5-8-22-19-16(13-1-2-13)12-24-20(27-19)26-15-3-4-18(23-11-15)25-14-6-9-29-10-7-14/h3-4,11-14H,1-2,5-10H2,(H2,21,28)(H,23,25)(H2,22,24,26,27). The van der Waals surface area contributed by atoms with Crippen LogP contribution >= 0.6 is 0 Å². The van der Waals surface area contributed by atoms with Crippen molar-refractivity contribution in [3.63, 3.8) is 0 Å². The first-order valence-corrected chi connectivity index (χ1v) is 10.1. The number of nitrogens with two attached hydrogens (primary N) is 1. The minimum absolute atomic E-state index is 0.266. The van der Waals surface area contributed by atoms with Crippen molar-refractivity contribution in [2.45, 2.75) is 44.1 Å². The number of pyridine rings is 1. The zero-order valence-electron chi connectivity index (χ0n) is 16.4. The molecular weight excluding hydrogens is 370 g/mol. The molecule has 0 aromatic carbocycles. The Labute approximate surface area is 169 Å². The fraction of sp³-hybridized carbons (Fsp3) is 0.500. The monoisotopic (exact) mass is 397 g/mol. The van der Waals surface area contributed by atoms with Crippen LogP contribution in [-0.2, 0) is 9.53 Å². The van der Waals surface area contributed by atoms with E-state index in [0.29, 0.717) is 24.5 Å². The average molecular weight is 397 g/mol. The Morgan fingerprint density at radius 1 is 1.14 bits per heavy atom. The Hall–Kier alpha value is -2.94. The highest BCUT2D eigenvalue weighted by atomic mass is 16.5. The van der Waals surface area contributed by atoms with E-state index in [-0.39, 0.29) is 12.3 Å². The SMILES string of the molecule is NC(=O)CCNc1nc(Nc2ccc(NC3CCOCC3)nc2)ncc1C1CC1. The summed E-state index contributed by atoms with van der Waals surface area (Å²) in [5.74, 6) is 2.26. The summed E-state index contributed by atoms with van der Waals surface area (Å²) in [4.78, 5) is 24.5. The predicted octanol–water partition coefficient (Wildman–Crippen LogP) is 2.37. The maximum atomic E-state index is 11.0. The first-order chi connectivity index (χ1) is 14.2. The fourth-order valence-electron chi connectivity index (χ4n) is 3.32. The lowest BCUT2D eigenvalue weighted by molar-refractivity contribution is -0.117. The average Bonchev–Trinajstić information content (AvgIpc) is 3.55. The number of hydrogen-bond donors (Lipinski definition) is 4. The summed E-state index contributed by atoms with van der Waals surface area (Å²) < 4.78 is 5.38. The first-order valence-electron chi connectivity index (χ1n) is 10.1. The number of aromatic nitrogens is 3. The summed E-state index contributed by atoms with van der Waals surface area (Å²) in [6.07, 6.45) is 8.16. The number of primary amides is 1. The van der Waals surface area contributed by atoms with Crippen LogP contribution in [0.1, 0.15) is 43.6 Å². The lowest BCUT2D eigenvalue weighted by atomic mass is 10.1. The molecule has 3 heterocycles. The number of hydrogen-bond acceptors (Lipinski definition) is 8. The van der Waals surface area contributed by atoms with Gasteiger partial charge in [-0.05, 0) is 43.7 Å². The molecule has 29 heavy (non-hydrogen) atoms. The van der Waals surface area contributed by atoms with Crippen molar-refractivity contribution in [2.24, 2.45) is 5.73 Å². The Morgan fingerprint density at radius 2 is 1.97 bits per heavy atom. The van der Waals surface area contributed by atoms with Crippen LogP contribution < -0.4 is 21.7 Å². The predicted molar refractivity (Wildman–Crippen MR) is 111 cm³/mol. The van der Waals surface area contributed by atoms with Crippen molar-refractivity contribution in [1.82, 2.24) is 15.0 Å². The van der Waals surface area contributed by atoms with Crippen molar-refractivity contribution in [3.8, 4) is 0 Å². The number of rotatable bonds is 9. The number of anilines is 4. The molecule has 154 valence electrons. The third kappa shape index (κ3) is 5.54. The van der Waals surface area contributed by atoms with Crippen LogP contribution in [0.2, 0.25) is 0 Å². The lowest BCUT2D eigenvalue weighted by Gasteiger charge is -2.23. The van der Waals surface area contributed by atoms with Crippen LogP contribution in [0, 0.1) is 0 Å². The van der Waals surface area contributed by atoms with E-state index >= 15 is 0 Å². The molecule has 2 aromatic heterocycles. The van der Waals surface area contributed by atoms with Crippen molar-refractivity contribution in [2.75, 3.05) is 35.7 Å². The van der Waals surface area contributed by atoms with E-state index in [1.54, 1.807) is 6.20 Å². The van der Waals surface area contributed by atoms with Gasteiger partial charge in [-0.3, -0.25) is 4.79 Å². The maximum absolute atomic E-state index is 11.0. The van der Waals surface area contributed by atoms with Gasteiger partial charge < -0.3 is 26.4 Å². The molecule has 9 nitrogen and oxygen atoms in total. The Kier molecular flexibility index (Phi) is 6.04. The number of carbonyl (C=O) groups excluding carboxylic acids is 1. The van der Waals surface area contributed by atoms with Gasteiger partial charge in [0, 0.05) is 44.0 Å². The normalized spacial score (nSPS) is 17.0. The van der Waals surface area contributed by atoms with Crippen LogP contribution in [-0.4, -0.2) is 46.7 Å². The van der Waals surface area contributed by atoms with Crippen molar-refractivity contribution < 1.29 is 9.53 Å². The highest BCUT2D eigenvalue weighted by Gasteiger charge is 2.27. The van der Waals surface area contributed by atoms with E-state index in [1.807, 2.05) is 18.3 Å². The first kappa shape index (κ1) is 19.4. The van der Waals surface area contributed by atoms with Gasteiger partial charge in [-0.15, -0.1) is 0 Å². The summed E-state index contributed by atoms with van der Waals surface area (Å²) in [5.41, 5.74) is 7.13. The molecule has 2 aliphatic rings. The largest absolute Gasteiger partial charge is 0.381 e. The zero-order valence-corrected chi connectivity index (χ0v) is 16.4. The van der Waals surface area contributed by atoms with E-state index in [9.17, 15) is 4.79 Å². The number of carbonyl (C=O) groups is 1. The summed E-state index contributed by atoms with van der Waals surface area (Å²) in [6, 6.07) is 4.30. The third-order valence-corrected chi connectivity index (χ3v) is 5.09. The molecule has 0 atom stereocenters. The van der Waals surface area contributed by atoms with Gasteiger partial charge in [0.05, 0.1) is 11.9 Å². The van der Waals surface area contributed by atoms with Crippen molar-refractivity contribution >= 4 is 29.2 Å². The molecule has 5 N–H and O–H groups in total. The number of nitrogens with zero attached hydrogens (tertiary/aromatic N) is 3. The highest BCUT2D eigenvalue weighted by Crippen LogP contribution is 2.42. The molecule has 1 saturated carbocycles. The maximum Gasteiger partial charge on any atom is 0.229 e. The highest BCUT2D eigenvalue weighted by molar-refractivity contribution is 5.74. The van der Waals surface area contributed by atoms with Crippen molar-refractivity contribution in [3.05, 3.63) is 30.1 Å². The molecule has 0 unspecified atom stereocenters. The number of nitrogens with one attached hydrogen (secondary N) is 3. The third-order valence-electron chi connectivity index (χ3n) is 5.09. The van der Waals surface area contributed by atoms with E-state index < -0.39 is 0 Å². The van der Waals surface area contributed by atoms with Crippen LogP contribution in [0.15, 0.2) is 24.5 Å². The number of amides is 1. The Bertz CT molecular complexity index is 833. The van der Waals surface area contributed by atoms with Crippen LogP contribution in [0.5, 0.6) is 0 Å². The second-order valence-corrected chi connectivity index (χ2v) is 7.50. The molecule has 0 radical (unpaired) electrons. The van der Waals surface area contributed by atoms with Gasteiger partial charge >= 0.3 is 0 Å². The molecule has 2 fully saturated rings. The molecule has 1 aliphatic heterocycles. The second kappa shape index (κ2) is 9.04. The van der Waals surface area contributed by atoms with Crippen molar-refractivity contribution in [1.29, 1.82) is 0 Å². The molecule has 1 aliphatic carbocycles. The van der Waals surface area contributed by atoms with E-state index in [4.69, 9.17) is 10.5 Å². The topological polar surface area (TPSA) is 127 Å². The minimum atomic E-state index is -0.335. The van der Waals surface area contributed by atoms with E-state index in [2.05, 4.69) is 30.9 Å². The zero-order chi connectivity index (χ0) is 20.1.